The molecule has 1 N–H and O–H groups in total. The Kier molecular flexibility index (Phi) is 3.92. The van der Waals surface area contributed by atoms with Crippen LogP contribution < -0.4 is 4.74 Å². The maximum absolute atomic E-state index is 14.0. The molecule has 2 aromatic rings. The minimum atomic E-state index is -0.836. The van der Waals surface area contributed by atoms with Crippen molar-refractivity contribution >= 4 is 39.6 Å². The molecule has 0 aliphatic carbocycles. The third-order valence-corrected chi connectivity index (χ3v) is 4.97. The van der Waals surface area contributed by atoms with Gasteiger partial charge in [-0.15, -0.1) is 0 Å². The van der Waals surface area contributed by atoms with Crippen molar-refractivity contribution in [2.75, 3.05) is 7.11 Å². The number of halogens is 2. The van der Waals surface area contributed by atoms with Gasteiger partial charge in [0.05, 0.1) is 22.1 Å². The number of thioether (sulfide) groups is 1. The molecule has 1 aliphatic heterocycles. The maximum atomic E-state index is 14.0. The van der Waals surface area contributed by atoms with E-state index in [1.807, 2.05) is 0 Å². The van der Waals surface area contributed by atoms with E-state index in [-0.39, 0.29) is 16.0 Å². The summed E-state index contributed by atoms with van der Waals surface area (Å²) < 4.78 is 19.0. The van der Waals surface area contributed by atoms with Crippen molar-refractivity contribution in [3.8, 4) is 11.5 Å². The lowest BCUT2D eigenvalue weighted by Gasteiger charge is -2.08. The Hall–Kier alpha value is -1.86. The fourth-order valence-corrected chi connectivity index (χ4v) is 3.43. The second kappa shape index (κ2) is 5.73. The molecule has 0 bridgehead atoms. The number of phenols is 1. The minimum absolute atomic E-state index is 0.00126. The number of carbonyl (C=O) groups is 1. The molecular formula is C15H9BrFNO3S. The summed E-state index contributed by atoms with van der Waals surface area (Å²) >= 11 is 4.31. The van der Waals surface area contributed by atoms with Gasteiger partial charge in [0.25, 0.3) is 0 Å². The second-order valence-electron chi connectivity index (χ2n) is 4.44. The molecule has 4 nitrogen and oxygen atoms in total. The van der Waals surface area contributed by atoms with Crippen molar-refractivity contribution in [3.63, 3.8) is 0 Å². The number of nitrogens with zero attached hydrogens (tertiary/aromatic N) is 1. The molecule has 3 rings (SSSR count). The summed E-state index contributed by atoms with van der Waals surface area (Å²) in [7, 11) is 1.33. The highest BCUT2D eigenvalue weighted by Gasteiger charge is 2.27. The Morgan fingerprint density at radius 3 is 2.95 bits per heavy atom. The van der Waals surface area contributed by atoms with E-state index in [0.717, 1.165) is 0 Å². The first-order valence-corrected chi connectivity index (χ1v) is 7.78. The topological polar surface area (TPSA) is 59.4 Å². The molecule has 22 heavy (non-hydrogen) atoms. The molecule has 0 unspecified atom stereocenters. The fourth-order valence-electron chi connectivity index (χ4n) is 2.04. The van der Waals surface area contributed by atoms with Gasteiger partial charge < -0.3 is 9.84 Å². The van der Waals surface area contributed by atoms with Crippen molar-refractivity contribution in [1.29, 1.82) is 0 Å². The second-order valence-corrected chi connectivity index (χ2v) is 6.26. The summed E-state index contributed by atoms with van der Waals surface area (Å²) in [4.78, 5) is 16.9. The number of ether oxygens (including phenoxy) is 1. The highest BCUT2D eigenvalue weighted by molar-refractivity contribution is 9.10. The van der Waals surface area contributed by atoms with Crippen LogP contribution in [0.2, 0.25) is 0 Å². The molecule has 0 radical (unpaired) electrons. The number of Topliss-reactive ketones (excluding diaryl/α,β-unsaturated/α-hetero) is 1. The van der Waals surface area contributed by atoms with Gasteiger partial charge in [-0.25, -0.2) is 9.37 Å². The van der Waals surface area contributed by atoms with Crippen molar-refractivity contribution in [1.82, 2.24) is 4.98 Å². The predicted octanol–water partition coefficient (Wildman–Crippen LogP) is 4.03. The molecule has 0 saturated carbocycles. The van der Waals surface area contributed by atoms with Crippen LogP contribution in [0.3, 0.4) is 0 Å². The predicted molar refractivity (Wildman–Crippen MR) is 84.7 cm³/mol. The first-order chi connectivity index (χ1) is 10.5. The van der Waals surface area contributed by atoms with Gasteiger partial charge in [-0.1, -0.05) is 11.8 Å². The lowest BCUT2D eigenvalue weighted by molar-refractivity contribution is 0.104. The number of hydrogen-bond donors (Lipinski definition) is 1. The van der Waals surface area contributed by atoms with Crippen molar-refractivity contribution in [2.24, 2.45) is 0 Å². The van der Waals surface area contributed by atoms with Crippen LogP contribution in [0, 0.1) is 5.82 Å². The van der Waals surface area contributed by atoms with Crippen molar-refractivity contribution in [2.45, 2.75) is 5.03 Å². The van der Waals surface area contributed by atoms with Crippen LogP contribution in [0.1, 0.15) is 15.9 Å². The van der Waals surface area contributed by atoms with Gasteiger partial charge in [0.2, 0.25) is 5.78 Å². The highest BCUT2D eigenvalue weighted by Crippen LogP contribution is 2.42. The van der Waals surface area contributed by atoms with Crippen molar-refractivity contribution < 1.29 is 19.0 Å². The molecule has 7 heteroatoms. The van der Waals surface area contributed by atoms with Crippen LogP contribution in [0.5, 0.6) is 11.5 Å². The number of hydrogen-bond acceptors (Lipinski definition) is 5. The van der Waals surface area contributed by atoms with E-state index in [9.17, 15) is 14.3 Å². The molecule has 0 atom stereocenters. The summed E-state index contributed by atoms with van der Waals surface area (Å²) in [5, 5.41) is 10.3. The Morgan fingerprint density at radius 2 is 2.27 bits per heavy atom. The van der Waals surface area contributed by atoms with E-state index in [2.05, 4.69) is 20.9 Å². The number of fused-ring (bicyclic) bond motifs is 1. The van der Waals surface area contributed by atoms with E-state index in [1.54, 1.807) is 24.4 Å². The van der Waals surface area contributed by atoms with E-state index in [1.165, 1.54) is 24.9 Å². The average Bonchev–Trinajstić information content (AvgIpc) is 2.84. The smallest absolute Gasteiger partial charge is 0.202 e. The number of phenolic OH excluding ortho intramolecular Hbond substituents is 1. The van der Waals surface area contributed by atoms with Gasteiger partial charge in [0.15, 0.2) is 17.3 Å². The quantitative estimate of drug-likeness (QED) is 0.795. The van der Waals surface area contributed by atoms with Crippen LogP contribution in [0.4, 0.5) is 4.39 Å². The first kappa shape index (κ1) is 15.1. The van der Waals surface area contributed by atoms with Gasteiger partial charge in [0.1, 0.15) is 5.03 Å². The SMILES string of the molecule is COc1cc(/C=C2\Sc3ncccc3C2=O)c(Br)c(F)c1O. The number of rotatable bonds is 2. The standard InChI is InChI=1S/C15H9BrFNO3S/c1-21-9-5-7(11(16)12(17)14(9)20)6-10-13(19)8-3-2-4-18-15(8)22-10/h2-6,20H,1H3/b10-6-. The third-order valence-electron chi connectivity index (χ3n) is 3.13. The lowest BCUT2D eigenvalue weighted by Crippen LogP contribution is -1.95. The Labute approximate surface area is 138 Å². The summed E-state index contributed by atoms with van der Waals surface area (Å²) in [6.45, 7) is 0. The number of methoxy groups -OCH3 is 1. The number of carbonyl (C=O) groups excluding carboxylic acids is 1. The Bertz CT molecular complexity index is 823. The van der Waals surface area contributed by atoms with E-state index < -0.39 is 11.6 Å². The zero-order chi connectivity index (χ0) is 15.9. The largest absolute Gasteiger partial charge is 0.502 e. The van der Waals surface area contributed by atoms with Gasteiger partial charge in [-0.3, -0.25) is 4.79 Å². The number of pyridine rings is 1. The van der Waals surface area contributed by atoms with Crippen LogP contribution in [0.25, 0.3) is 6.08 Å². The number of ketones is 1. The van der Waals surface area contributed by atoms with Crippen LogP contribution in [0.15, 0.2) is 38.8 Å². The number of aromatic nitrogens is 1. The first-order valence-electron chi connectivity index (χ1n) is 6.17. The van der Waals surface area contributed by atoms with Gasteiger partial charge >= 0.3 is 0 Å². The molecule has 0 saturated heterocycles. The average molecular weight is 382 g/mol. The zero-order valence-electron chi connectivity index (χ0n) is 11.3. The summed E-state index contributed by atoms with van der Waals surface area (Å²) in [5.74, 6) is -1.57. The van der Waals surface area contributed by atoms with E-state index in [0.29, 0.717) is 21.1 Å². The maximum Gasteiger partial charge on any atom is 0.202 e. The van der Waals surface area contributed by atoms with Crippen LogP contribution >= 0.6 is 27.7 Å². The fraction of sp³-hybridized carbons (Fsp3) is 0.0667. The minimum Gasteiger partial charge on any atom is -0.502 e. The van der Waals surface area contributed by atoms with E-state index in [4.69, 9.17) is 4.74 Å². The number of benzene rings is 1. The van der Waals surface area contributed by atoms with Gasteiger partial charge in [-0.2, -0.15) is 0 Å². The van der Waals surface area contributed by atoms with Gasteiger partial charge in [0, 0.05) is 6.20 Å². The Morgan fingerprint density at radius 1 is 1.50 bits per heavy atom. The molecule has 1 aliphatic rings. The monoisotopic (exact) mass is 381 g/mol. The summed E-state index contributed by atoms with van der Waals surface area (Å²) in [6.07, 6.45) is 3.16. The molecule has 1 aromatic heterocycles. The third kappa shape index (κ3) is 2.40. The number of allylic oxidation sites excluding steroid dienone is 1. The molecule has 112 valence electrons. The van der Waals surface area contributed by atoms with Crippen molar-refractivity contribution in [3.05, 3.63) is 50.7 Å². The lowest BCUT2D eigenvalue weighted by atomic mass is 10.1. The number of aromatic hydroxyl groups is 1. The van der Waals surface area contributed by atoms with E-state index >= 15 is 0 Å². The van der Waals surface area contributed by atoms with Crippen LogP contribution in [-0.2, 0) is 0 Å². The summed E-state index contributed by atoms with van der Waals surface area (Å²) in [5.41, 5.74) is 0.928. The molecule has 0 fully saturated rings. The highest BCUT2D eigenvalue weighted by atomic mass is 79.9. The normalized spacial score (nSPS) is 15.2. The summed E-state index contributed by atoms with van der Waals surface area (Å²) in [6, 6.07) is 4.85. The Balaban J connectivity index is 2.08. The zero-order valence-corrected chi connectivity index (χ0v) is 13.7. The molecular weight excluding hydrogens is 373 g/mol. The molecule has 2 heterocycles. The molecule has 1 aromatic carbocycles. The molecule has 0 spiro atoms. The molecule has 0 amide bonds. The van der Waals surface area contributed by atoms with Gasteiger partial charge in [-0.05, 0) is 45.8 Å². The van der Waals surface area contributed by atoms with Crippen LogP contribution in [-0.4, -0.2) is 23.0 Å².